The van der Waals surface area contributed by atoms with E-state index < -0.39 is 0 Å². The molecule has 4 rings (SSSR count). The van der Waals surface area contributed by atoms with Gasteiger partial charge in [-0.05, 0) is 42.0 Å². The molecule has 2 heterocycles. The number of phenolic OH excluding ortho intramolecular Hbond substituents is 1. The maximum atomic E-state index is 9.43. The van der Waals surface area contributed by atoms with Crippen LogP contribution < -0.4 is 4.80 Å². The second-order valence-electron chi connectivity index (χ2n) is 5.83. The standard InChI is InChI=1S/C21H17N3O2S/c1-2-11-22-21-24(23-13-15-7-9-17(25)10-8-15)18(14-27-21)20-12-16-5-3-4-6-19(16)26-20/h2-10,12-14,25H,1,11H2. The normalized spacial score (nSPS) is 12.2. The lowest BCUT2D eigenvalue weighted by atomic mass is 10.2. The maximum Gasteiger partial charge on any atom is 0.206 e. The molecule has 134 valence electrons. The molecular weight excluding hydrogens is 358 g/mol. The highest BCUT2D eigenvalue weighted by Crippen LogP contribution is 2.28. The Balaban J connectivity index is 1.81. The number of thiazole rings is 1. The van der Waals surface area contributed by atoms with Gasteiger partial charge >= 0.3 is 0 Å². The van der Waals surface area contributed by atoms with Crippen molar-refractivity contribution in [3.63, 3.8) is 0 Å². The third-order valence-electron chi connectivity index (χ3n) is 3.93. The summed E-state index contributed by atoms with van der Waals surface area (Å²) in [7, 11) is 0. The fourth-order valence-corrected chi connectivity index (χ4v) is 3.45. The Morgan fingerprint density at radius 2 is 1.96 bits per heavy atom. The van der Waals surface area contributed by atoms with E-state index in [2.05, 4.69) is 16.7 Å². The van der Waals surface area contributed by atoms with Gasteiger partial charge in [-0.15, -0.1) is 17.9 Å². The van der Waals surface area contributed by atoms with Crippen LogP contribution in [0.3, 0.4) is 0 Å². The molecule has 0 radical (unpaired) electrons. The molecule has 27 heavy (non-hydrogen) atoms. The van der Waals surface area contributed by atoms with Gasteiger partial charge in [0.25, 0.3) is 0 Å². The quantitative estimate of drug-likeness (QED) is 0.408. The van der Waals surface area contributed by atoms with Gasteiger partial charge in [0.15, 0.2) is 5.76 Å². The Morgan fingerprint density at radius 1 is 1.15 bits per heavy atom. The molecule has 0 atom stereocenters. The van der Waals surface area contributed by atoms with Crippen LogP contribution in [0.4, 0.5) is 0 Å². The van der Waals surface area contributed by atoms with Crippen molar-refractivity contribution in [2.24, 2.45) is 10.1 Å². The molecule has 6 heteroatoms. The summed E-state index contributed by atoms with van der Waals surface area (Å²) in [6, 6.07) is 16.7. The highest BCUT2D eigenvalue weighted by molar-refractivity contribution is 7.07. The Labute approximate surface area is 159 Å². The molecule has 0 amide bonds. The first kappa shape index (κ1) is 17.1. The number of furan rings is 1. The summed E-state index contributed by atoms with van der Waals surface area (Å²) in [5, 5.41) is 17.0. The third-order valence-corrected chi connectivity index (χ3v) is 4.79. The van der Waals surface area contributed by atoms with E-state index in [4.69, 9.17) is 4.42 Å². The monoisotopic (exact) mass is 375 g/mol. The van der Waals surface area contributed by atoms with Crippen LogP contribution in [0.2, 0.25) is 0 Å². The van der Waals surface area contributed by atoms with E-state index in [0.29, 0.717) is 6.54 Å². The number of aromatic hydroxyl groups is 1. The van der Waals surface area contributed by atoms with Crippen molar-refractivity contribution in [1.82, 2.24) is 4.68 Å². The fourth-order valence-electron chi connectivity index (χ4n) is 2.63. The first-order valence-corrected chi connectivity index (χ1v) is 9.27. The summed E-state index contributed by atoms with van der Waals surface area (Å²) in [6.07, 6.45) is 3.47. The summed E-state index contributed by atoms with van der Waals surface area (Å²) in [5.41, 5.74) is 2.53. The molecule has 0 spiro atoms. The Morgan fingerprint density at radius 3 is 2.74 bits per heavy atom. The molecule has 0 aliphatic heterocycles. The summed E-state index contributed by atoms with van der Waals surface area (Å²) >= 11 is 1.49. The summed E-state index contributed by atoms with van der Waals surface area (Å²) in [6.45, 7) is 4.23. The zero-order chi connectivity index (χ0) is 18.6. The number of aromatic nitrogens is 1. The fraction of sp³-hybridized carbons (Fsp3) is 0.0476. The Bertz CT molecular complexity index is 1150. The minimum Gasteiger partial charge on any atom is -0.508 e. The van der Waals surface area contributed by atoms with Crippen molar-refractivity contribution >= 4 is 28.5 Å². The number of hydrogen-bond donors (Lipinski definition) is 1. The molecule has 2 aromatic heterocycles. The molecular formula is C21H17N3O2S. The van der Waals surface area contributed by atoms with Crippen molar-refractivity contribution in [3.8, 4) is 17.2 Å². The number of para-hydroxylation sites is 1. The van der Waals surface area contributed by atoms with E-state index in [1.807, 2.05) is 35.7 Å². The highest BCUT2D eigenvalue weighted by Gasteiger charge is 2.12. The van der Waals surface area contributed by atoms with Gasteiger partial charge in [0.05, 0.1) is 12.8 Å². The number of rotatable bonds is 5. The average molecular weight is 375 g/mol. The van der Waals surface area contributed by atoms with Gasteiger partial charge in [-0.1, -0.05) is 24.3 Å². The lowest BCUT2D eigenvalue weighted by Gasteiger charge is -2.00. The first-order valence-electron chi connectivity index (χ1n) is 8.39. The predicted octanol–water partition coefficient (Wildman–Crippen LogP) is 4.64. The lowest BCUT2D eigenvalue weighted by Crippen LogP contribution is -2.12. The van der Waals surface area contributed by atoms with E-state index in [-0.39, 0.29) is 5.75 Å². The molecule has 0 saturated heterocycles. The van der Waals surface area contributed by atoms with Crippen molar-refractivity contribution in [2.75, 3.05) is 6.54 Å². The van der Waals surface area contributed by atoms with Crippen molar-refractivity contribution in [2.45, 2.75) is 0 Å². The minimum atomic E-state index is 0.222. The molecule has 5 nitrogen and oxygen atoms in total. The van der Waals surface area contributed by atoms with Gasteiger partial charge in [0.1, 0.15) is 17.0 Å². The Hall–Kier alpha value is -3.38. The molecule has 0 saturated carbocycles. The third kappa shape index (κ3) is 3.61. The van der Waals surface area contributed by atoms with Crippen LogP contribution >= 0.6 is 11.3 Å². The summed E-state index contributed by atoms with van der Waals surface area (Å²) < 4.78 is 7.76. The molecule has 1 N–H and O–H groups in total. The van der Waals surface area contributed by atoms with Crippen LogP contribution in [0, 0.1) is 0 Å². The zero-order valence-electron chi connectivity index (χ0n) is 14.4. The van der Waals surface area contributed by atoms with Crippen LogP contribution in [-0.2, 0) is 0 Å². The first-order chi connectivity index (χ1) is 13.2. The van der Waals surface area contributed by atoms with Crippen LogP contribution in [0.1, 0.15) is 5.56 Å². The number of hydrogen-bond acceptors (Lipinski definition) is 5. The smallest absolute Gasteiger partial charge is 0.206 e. The zero-order valence-corrected chi connectivity index (χ0v) is 15.3. The number of benzene rings is 2. The van der Waals surface area contributed by atoms with Crippen molar-refractivity contribution in [3.05, 3.63) is 83.0 Å². The van der Waals surface area contributed by atoms with E-state index in [1.54, 1.807) is 41.2 Å². The number of fused-ring (bicyclic) bond motifs is 1. The molecule has 0 fully saturated rings. The largest absolute Gasteiger partial charge is 0.508 e. The van der Waals surface area contributed by atoms with Crippen molar-refractivity contribution in [1.29, 1.82) is 0 Å². The predicted molar refractivity (Wildman–Crippen MR) is 109 cm³/mol. The van der Waals surface area contributed by atoms with E-state index in [9.17, 15) is 5.11 Å². The number of phenols is 1. The second-order valence-corrected chi connectivity index (χ2v) is 6.67. The van der Waals surface area contributed by atoms with Crippen LogP contribution in [0.25, 0.3) is 22.4 Å². The summed E-state index contributed by atoms with van der Waals surface area (Å²) in [4.78, 5) is 5.27. The molecule has 0 bridgehead atoms. The minimum absolute atomic E-state index is 0.222. The van der Waals surface area contributed by atoms with Crippen molar-refractivity contribution < 1.29 is 9.52 Å². The molecule has 0 aliphatic carbocycles. The van der Waals surface area contributed by atoms with E-state index in [1.165, 1.54) is 11.3 Å². The maximum absolute atomic E-state index is 9.43. The highest BCUT2D eigenvalue weighted by atomic mass is 32.1. The molecule has 2 aromatic carbocycles. The SMILES string of the molecule is C=CCN=c1scc(-c2cc3ccccc3o2)n1N=Cc1ccc(O)cc1. The topological polar surface area (TPSA) is 63.0 Å². The van der Waals surface area contributed by atoms with Gasteiger partial charge in [-0.3, -0.25) is 4.99 Å². The van der Waals surface area contributed by atoms with Gasteiger partial charge in [-0.25, -0.2) is 4.68 Å². The van der Waals surface area contributed by atoms with Crippen LogP contribution in [-0.4, -0.2) is 22.5 Å². The van der Waals surface area contributed by atoms with E-state index >= 15 is 0 Å². The van der Waals surface area contributed by atoms with E-state index in [0.717, 1.165) is 32.8 Å². The molecule has 4 aromatic rings. The number of nitrogens with zero attached hydrogens (tertiary/aromatic N) is 3. The van der Waals surface area contributed by atoms with Gasteiger partial charge in [0.2, 0.25) is 4.80 Å². The Kier molecular flexibility index (Phi) is 4.72. The van der Waals surface area contributed by atoms with Gasteiger partial charge in [-0.2, -0.15) is 5.10 Å². The summed E-state index contributed by atoms with van der Waals surface area (Å²) in [5.74, 6) is 0.954. The molecule has 0 unspecified atom stereocenters. The molecule has 0 aliphatic rings. The van der Waals surface area contributed by atoms with Gasteiger partial charge < -0.3 is 9.52 Å². The lowest BCUT2D eigenvalue weighted by molar-refractivity contribution is 0.475. The van der Waals surface area contributed by atoms with Gasteiger partial charge in [0, 0.05) is 10.8 Å². The van der Waals surface area contributed by atoms with Crippen LogP contribution in [0.15, 0.2) is 87.1 Å². The van der Waals surface area contributed by atoms with Crippen LogP contribution in [0.5, 0.6) is 5.75 Å². The second kappa shape index (κ2) is 7.47. The average Bonchev–Trinajstić information content (AvgIpc) is 3.29.